The summed E-state index contributed by atoms with van der Waals surface area (Å²) in [7, 11) is 1.96. The summed E-state index contributed by atoms with van der Waals surface area (Å²) in [6.07, 6.45) is 4.83. The molecule has 6 heteroatoms. The summed E-state index contributed by atoms with van der Waals surface area (Å²) >= 11 is 1.40. The van der Waals surface area contributed by atoms with E-state index in [4.69, 9.17) is 4.42 Å². The van der Waals surface area contributed by atoms with Gasteiger partial charge in [-0.05, 0) is 18.2 Å². The largest absolute Gasteiger partial charge is 0.472 e. The van der Waals surface area contributed by atoms with Crippen molar-refractivity contribution in [2.24, 2.45) is 7.05 Å². The minimum absolute atomic E-state index is 0.221. The number of amides is 1. The molecule has 0 aliphatic rings. The molecule has 3 aromatic heterocycles. The highest BCUT2D eigenvalue weighted by Gasteiger charge is 2.11. The molecule has 0 fully saturated rings. The van der Waals surface area contributed by atoms with E-state index in [-0.39, 0.29) is 5.91 Å². The van der Waals surface area contributed by atoms with Crippen LogP contribution in [0.15, 0.2) is 46.7 Å². The molecule has 1 N–H and O–H groups in total. The van der Waals surface area contributed by atoms with Gasteiger partial charge >= 0.3 is 0 Å². The van der Waals surface area contributed by atoms with Gasteiger partial charge in [-0.3, -0.25) is 10.1 Å². The van der Waals surface area contributed by atoms with Crippen LogP contribution in [0.25, 0.3) is 11.4 Å². The van der Waals surface area contributed by atoms with Crippen molar-refractivity contribution in [2.75, 3.05) is 5.32 Å². The zero-order valence-corrected chi connectivity index (χ0v) is 11.0. The summed E-state index contributed by atoms with van der Waals surface area (Å²) in [6, 6.07) is 5.55. The average molecular weight is 273 g/mol. The summed E-state index contributed by atoms with van der Waals surface area (Å²) < 4.78 is 6.85. The summed E-state index contributed by atoms with van der Waals surface area (Å²) in [5.74, 6) is -0.221. The first kappa shape index (κ1) is 11.7. The fraction of sp³-hybridized carbons (Fsp3) is 0.0769. The Morgan fingerprint density at radius 3 is 3.05 bits per heavy atom. The first-order valence-corrected chi connectivity index (χ1v) is 6.53. The van der Waals surface area contributed by atoms with Gasteiger partial charge in [0.2, 0.25) is 0 Å². The topological polar surface area (TPSA) is 60.1 Å². The van der Waals surface area contributed by atoms with E-state index >= 15 is 0 Å². The first-order valence-electron chi connectivity index (χ1n) is 5.65. The van der Waals surface area contributed by atoms with Crippen LogP contribution in [-0.4, -0.2) is 15.5 Å². The Hall–Kier alpha value is -2.34. The van der Waals surface area contributed by atoms with Crippen molar-refractivity contribution >= 4 is 22.4 Å². The van der Waals surface area contributed by atoms with Crippen molar-refractivity contribution in [3.63, 3.8) is 0 Å². The number of carbonyl (C=O) groups is 1. The van der Waals surface area contributed by atoms with Gasteiger partial charge in [0.1, 0.15) is 6.26 Å². The lowest BCUT2D eigenvalue weighted by Crippen LogP contribution is -2.10. The third kappa shape index (κ3) is 2.30. The number of anilines is 1. The number of thiazole rings is 1. The number of nitrogens with one attached hydrogen (secondary N) is 1. The fourth-order valence-electron chi connectivity index (χ4n) is 1.74. The Labute approximate surface area is 113 Å². The van der Waals surface area contributed by atoms with Gasteiger partial charge in [-0.15, -0.1) is 11.3 Å². The van der Waals surface area contributed by atoms with Gasteiger partial charge in [0.05, 0.1) is 23.2 Å². The molecule has 3 heterocycles. The van der Waals surface area contributed by atoms with Crippen LogP contribution < -0.4 is 5.32 Å². The van der Waals surface area contributed by atoms with Gasteiger partial charge in [0, 0.05) is 18.6 Å². The molecule has 1 amide bonds. The number of aryl methyl sites for hydroxylation is 1. The molecule has 19 heavy (non-hydrogen) atoms. The molecule has 0 aliphatic heterocycles. The lowest BCUT2D eigenvalue weighted by molar-refractivity contribution is 0.102. The third-order valence-electron chi connectivity index (χ3n) is 2.71. The monoisotopic (exact) mass is 273 g/mol. The van der Waals surface area contributed by atoms with Crippen LogP contribution in [0, 0.1) is 0 Å². The van der Waals surface area contributed by atoms with Gasteiger partial charge < -0.3 is 8.98 Å². The second-order valence-electron chi connectivity index (χ2n) is 4.01. The average Bonchev–Trinajstić information content (AvgIpc) is 3.08. The highest BCUT2D eigenvalue weighted by atomic mass is 32.1. The second kappa shape index (κ2) is 4.74. The van der Waals surface area contributed by atoms with E-state index in [1.807, 2.05) is 35.3 Å². The van der Waals surface area contributed by atoms with Crippen molar-refractivity contribution in [3.05, 3.63) is 47.9 Å². The van der Waals surface area contributed by atoms with E-state index in [0.29, 0.717) is 10.7 Å². The number of carbonyl (C=O) groups excluding carboxylic acids is 1. The Morgan fingerprint density at radius 2 is 2.37 bits per heavy atom. The zero-order valence-electron chi connectivity index (χ0n) is 10.2. The van der Waals surface area contributed by atoms with Gasteiger partial charge in [-0.2, -0.15) is 0 Å². The maximum absolute atomic E-state index is 11.8. The third-order valence-corrected chi connectivity index (χ3v) is 3.47. The van der Waals surface area contributed by atoms with E-state index in [0.717, 1.165) is 11.4 Å². The number of furan rings is 1. The van der Waals surface area contributed by atoms with Crippen LogP contribution in [0.3, 0.4) is 0 Å². The Bertz CT molecular complexity index is 697. The summed E-state index contributed by atoms with van der Waals surface area (Å²) in [4.78, 5) is 16.2. The number of aromatic nitrogens is 2. The van der Waals surface area contributed by atoms with Crippen molar-refractivity contribution in [2.45, 2.75) is 0 Å². The molecule has 96 valence electrons. The highest BCUT2D eigenvalue weighted by Crippen LogP contribution is 2.25. The molecule has 0 atom stereocenters. The quantitative estimate of drug-likeness (QED) is 0.798. The van der Waals surface area contributed by atoms with E-state index in [1.165, 1.54) is 23.9 Å². The van der Waals surface area contributed by atoms with E-state index in [2.05, 4.69) is 10.3 Å². The van der Waals surface area contributed by atoms with Gasteiger partial charge in [0.15, 0.2) is 5.13 Å². The lowest BCUT2D eigenvalue weighted by Gasteiger charge is -1.99. The lowest BCUT2D eigenvalue weighted by atomic mass is 10.3. The smallest absolute Gasteiger partial charge is 0.260 e. The molecule has 5 nitrogen and oxygen atoms in total. The van der Waals surface area contributed by atoms with Crippen molar-refractivity contribution in [3.8, 4) is 11.4 Å². The number of hydrogen-bond donors (Lipinski definition) is 1. The second-order valence-corrected chi connectivity index (χ2v) is 4.87. The predicted molar refractivity (Wildman–Crippen MR) is 73.2 cm³/mol. The fourth-order valence-corrected chi connectivity index (χ4v) is 2.44. The van der Waals surface area contributed by atoms with Gasteiger partial charge in [-0.1, -0.05) is 0 Å². The molecule has 0 saturated heterocycles. The minimum atomic E-state index is -0.221. The number of hydrogen-bond acceptors (Lipinski definition) is 4. The Balaban J connectivity index is 1.79. The highest BCUT2D eigenvalue weighted by molar-refractivity contribution is 7.14. The minimum Gasteiger partial charge on any atom is -0.472 e. The van der Waals surface area contributed by atoms with Crippen LogP contribution >= 0.6 is 11.3 Å². The molecule has 0 radical (unpaired) electrons. The van der Waals surface area contributed by atoms with Crippen LogP contribution in [0.5, 0.6) is 0 Å². The van der Waals surface area contributed by atoms with Gasteiger partial charge in [-0.25, -0.2) is 4.98 Å². The molecular formula is C13H11N3O2S. The molecule has 0 aromatic carbocycles. The number of nitrogens with zero attached hydrogens (tertiary/aromatic N) is 2. The first-order chi connectivity index (χ1) is 9.24. The van der Waals surface area contributed by atoms with Gasteiger partial charge in [0.25, 0.3) is 5.91 Å². The van der Waals surface area contributed by atoms with Crippen LogP contribution in [-0.2, 0) is 7.05 Å². The predicted octanol–water partition coefficient (Wildman–Crippen LogP) is 2.99. The van der Waals surface area contributed by atoms with Crippen molar-refractivity contribution in [1.29, 1.82) is 0 Å². The molecule has 0 aliphatic carbocycles. The van der Waals surface area contributed by atoms with E-state index in [1.54, 1.807) is 6.07 Å². The molecule has 0 bridgehead atoms. The summed E-state index contributed by atoms with van der Waals surface area (Å²) in [6.45, 7) is 0. The molecule has 0 unspecified atom stereocenters. The maximum atomic E-state index is 11.8. The molecule has 3 aromatic rings. The standard InChI is InChI=1S/C13H11N3O2S/c1-16-5-2-3-11(16)10-8-19-13(14-10)15-12(17)9-4-6-18-7-9/h2-8H,1H3,(H,14,15,17). The van der Waals surface area contributed by atoms with Crippen molar-refractivity contribution < 1.29 is 9.21 Å². The molecule has 0 saturated carbocycles. The van der Waals surface area contributed by atoms with E-state index in [9.17, 15) is 4.79 Å². The molecule has 3 rings (SSSR count). The maximum Gasteiger partial charge on any atom is 0.260 e. The zero-order chi connectivity index (χ0) is 13.2. The SMILES string of the molecule is Cn1cccc1-c1csc(NC(=O)c2ccoc2)n1. The molecular weight excluding hydrogens is 262 g/mol. The van der Waals surface area contributed by atoms with E-state index < -0.39 is 0 Å². The number of rotatable bonds is 3. The van der Waals surface area contributed by atoms with Crippen molar-refractivity contribution in [1.82, 2.24) is 9.55 Å². The van der Waals surface area contributed by atoms with Crippen LogP contribution in [0.4, 0.5) is 5.13 Å². The molecule has 0 spiro atoms. The van der Waals surface area contributed by atoms with Crippen LogP contribution in [0.2, 0.25) is 0 Å². The normalized spacial score (nSPS) is 10.6. The Morgan fingerprint density at radius 1 is 1.47 bits per heavy atom. The Kier molecular flexibility index (Phi) is 2.92. The van der Waals surface area contributed by atoms with Crippen LogP contribution in [0.1, 0.15) is 10.4 Å². The summed E-state index contributed by atoms with van der Waals surface area (Å²) in [5, 5.41) is 5.23. The summed E-state index contributed by atoms with van der Waals surface area (Å²) in [5.41, 5.74) is 2.34.